The van der Waals surface area contributed by atoms with Crippen molar-refractivity contribution in [3.63, 3.8) is 0 Å². The van der Waals surface area contributed by atoms with E-state index < -0.39 is 0 Å². The minimum absolute atomic E-state index is 0.151. The van der Waals surface area contributed by atoms with Gasteiger partial charge in [-0.2, -0.15) is 5.21 Å². The third-order valence-corrected chi connectivity index (χ3v) is 3.46. The molecule has 0 unspecified atom stereocenters. The molecule has 0 bridgehead atoms. The van der Waals surface area contributed by atoms with Crippen LogP contribution in [0.3, 0.4) is 0 Å². The van der Waals surface area contributed by atoms with Crippen LogP contribution in [0.25, 0.3) is 0 Å². The van der Waals surface area contributed by atoms with E-state index in [0.29, 0.717) is 10.7 Å². The lowest BCUT2D eigenvalue weighted by Crippen LogP contribution is -2.22. The maximum atomic E-state index is 11.6. The number of aromatic amines is 1. The van der Waals surface area contributed by atoms with Gasteiger partial charge in [0.1, 0.15) is 4.88 Å². The molecule has 1 amide bonds. The number of thiophene rings is 1. The van der Waals surface area contributed by atoms with Crippen LogP contribution in [-0.2, 0) is 6.54 Å². The van der Waals surface area contributed by atoms with Crippen molar-refractivity contribution in [1.29, 1.82) is 0 Å². The van der Waals surface area contributed by atoms with Crippen molar-refractivity contribution >= 4 is 33.2 Å². The van der Waals surface area contributed by atoms with Gasteiger partial charge in [-0.05, 0) is 27.4 Å². The van der Waals surface area contributed by atoms with Crippen molar-refractivity contribution in [3.05, 3.63) is 26.6 Å². The van der Waals surface area contributed by atoms with Crippen LogP contribution in [0.1, 0.15) is 15.5 Å². The zero-order valence-corrected chi connectivity index (χ0v) is 9.80. The fourth-order valence-corrected chi connectivity index (χ4v) is 2.42. The van der Waals surface area contributed by atoms with E-state index in [2.05, 4.69) is 41.9 Å². The minimum atomic E-state index is -0.151. The maximum absolute atomic E-state index is 11.6. The van der Waals surface area contributed by atoms with Crippen LogP contribution in [0, 0.1) is 0 Å². The summed E-state index contributed by atoms with van der Waals surface area (Å²) >= 11 is 4.66. The van der Waals surface area contributed by atoms with Crippen LogP contribution in [0.15, 0.2) is 15.9 Å². The molecule has 2 heterocycles. The Hall–Kier alpha value is -1.28. The van der Waals surface area contributed by atoms with Crippen LogP contribution >= 0.6 is 27.3 Å². The Morgan fingerprint density at radius 3 is 3.13 bits per heavy atom. The fraction of sp³-hybridized carbons (Fsp3) is 0.143. The van der Waals surface area contributed by atoms with Gasteiger partial charge >= 0.3 is 0 Å². The number of tetrazole rings is 1. The summed E-state index contributed by atoms with van der Waals surface area (Å²) in [5.41, 5.74) is 0. The van der Waals surface area contributed by atoms with Crippen molar-refractivity contribution in [3.8, 4) is 0 Å². The molecule has 0 aliphatic heterocycles. The molecule has 0 saturated heterocycles. The molecule has 0 spiro atoms. The summed E-state index contributed by atoms with van der Waals surface area (Å²) in [5, 5.41) is 17.7. The molecule has 2 aromatic heterocycles. The highest BCUT2D eigenvalue weighted by Crippen LogP contribution is 2.22. The molecule has 0 aliphatic carbocycles. The van der Waals surface area contributed by atoms with E-state index in [4.69, 9.17) is 0 Å². The number of amides is 1. The Labute approximate surface area is 97.2 Å². The Kier molecular flexibility index (Phi) is 3.07. The van der Waals surface area contributed by atoms with Crippen molar-refractivity contribution in [2.75, 3.05) is 0 Å². The van der Waals surface area contributed by atoms with Crippen LogP contribution in [0.5, 0.6) is 0 Å². The maximum Gasteiger partial charge on any atom is 0.262 e. The summed E-state index contributed by atoms with van der Waals surface area (Å²) in [6.45, 7) is 0.264. The van der Waals surface area contributed by atoms with Gasteiger partial charge in [0.15, 0.2) is 5.82 Å². The molecule has 0 radical (unpaired) electrons. The molecular formula is C7H6BrN5OS. The largest absolute Gasteiger partial charge is 0.344 e. The molecule has 2 N–H and O–H groups in total. The number of H-pyrrole nitrogens is 1. The lowest BCUT2D eigenvalue weighted by molar-refractivity contribution is 0.0953. The number of aromatic nitrogens is 4. The highest BCUT2D eigenvalue weighted by Gasteiger charge is 2.11. The first-order valence-electron chi connectivity index (χ1n) is 4.01. The average molecular weight is 288 g/mol. The van der Waals surface area contributed by atoms with Gasteiger partial charge in [-0.1, -0.05) is 5.21 Å². The molecule has 2 rings (SSSR count). The number of carbonyl (C=O) groups excluding carboxylic acids is 1. The second kappa shape index (κ2) is 4.49. The van der Waals surface area contributed by atoms with Crippen molar-refractivity contribution in [2.45, 2.75) is 6.54 Å². The van der Waals surface area contributed by atoms with Gasteiger partial charge in [0.2, 0.25) is 0 Å². The minimum Gasteiger partial charge on any atom is -0.344 e. The van der Waals surface area contributed by atoms with Gasteiger partial charge in [-0.25, -0.2) is 0 Å². The quantitative estimate of drug-likeness (QED) is 0.881. The second-order valence-corrected chi connectivity index (χ2v) is 4.38. The lowest BCUT2D eigenvalue weighted by atomic mass is 10.4. The number of nitrogens with zero attached hydrogens (tertiary/aromatic N) is 3. The van der Waals surface area contributed by atoms with Gasteiger partial charge < -0.3 is 5.32 Å². The number of hydrogen-bond acceptors (Lipinski definition) is 5. The zero-order chi connectivity index (χ0) is 10.7. The molecule has 0 saturated carbocycles. The summed E-state index contributed by atoms with van der Waals surface area (Å²) in [5.74, 6) is 0.303. The van der Waals surface area contributed by atoms with E-state index in [9.17, 15) is 4.79 Å². The van der Waals surface area contributed by atoms with Gasteiger partial charge in [-0.15, -0.1) is 21.5 Å². The van der Waals surface area contributed by atoms with E-state index in [1.165, 1.54) is 11.3 Å². The number of hydrogen-bond donors (Lipinski definition) is 2. The Morgan fingerprint density at radius 2 is 2.53 bits per heavy atom. The highest BCUT2D eigenvalue weighted by molar-refractivity contribution is 9.10. The van der Waals surface area contributed by atoms with Gasteiger partial charge in [0.25, 0.3) is 5.91 Å². The summed E-state index contributed by atoms with van der Waals surface area (Å²) in [4.78, 5) is 12.2. The molecule has 2 aromatic rings. The fourth-order valence-electron chi connectivity index (χ4n) is 0.953. The zero-order valence-electron chi connectivity index (χ0n) is 7.40. The number of carbonyl (C=O) groups is 1. The van der Waals surface area contributed by atoms with Crippen molar-refractivity contribution in [2.24, 2.45) is 0 Å². The summed E-state index contributed by atoms with van der Waals surface area (Å²) < 4.78 is 0.790. The van der Waals surface area contributed by atoms with Crippen LogP contribution in [-0.4, -0.2) is 26.5 Å². The van der Waals surface area contributed by atoms with Crippen LogP contribution < -0.4 is 5.32 Å². The van der Waals surface area contributed by atoms with Gasteiger partial charge in [0.05, 0.1) is 6.54 Å². The predicted molar refractivity (Wildman–Crippen MR) is 57.4 cm³/mol. The summed E-state index contributed by atoms with van der Waals surface area (Å²) in [7, 11) is 0. The smallest absolute Gasteiger partial charge is 0.262 e. The van der Waals surface area contributed by atoms with Crippen LogP contribution in [0.2, 0.25) is 0 Å². The summed E-state index contributed by atoms with van der Waals surface area (Å²) in [6, 6.07) is 1.83. The molecule has 0 aromatic carbocycles. The Morgan fingerprint density at radius 1 is 1.67 bits per heavy atom. The molecule has 0 fully saturated rings. The molecule has 8 heteroatoms. The predicted octanol–water partition coefficient (Wildman–Crippen LogP) is 0.954. The molecular weight excluding hydrogens is 282 g/mol. The molecule has 0 aliphatic rings. The number of nitrogens with one attached hydrogen (secondary N) is 2. The van der Waals surface area contributed by atoms with E-state index in [1.807, 2.05) is 11.4 Å². The number of halogens is 1. The highest BCUT2D eigenvalue weighted by atomic mass is 79.9. The van der Waals surface area contributed by atoms with Gasteiger partial charge in [0, 0.05) is 4.47 Å². The van der Waals surface area contributed by atoms with Crippen molar-refractivity contribution in [1.82, 2.24) is 25.9 Å². The first kappa shape index (κ1) is 10.2. The summed E-state index contributed by atoms with van der Waals surface area (Å²) in [6.07, 6.45) is 0. The van der Waals surface area contributed by atoms with E-state index in [-0.39, 0.29) is 12.5 Å². The topological polar surface area (TPSA) is 83.6 Å². The van der Waals surface area contributed by atoms with Crippen LogP contribution in [0.4, 0.5) is 0 Å². The van der Waals surface area contributed by atoms with E-state index in [1.54, 1.807) is 0 Å². The third-order valence-electron chi connectivity index (χ3n) is 1.62. The number of rotatable bonds is 3. The third kappa shape index (κ3) is 2.39. The van der Waals surface area contributed by atoms with E-state index >= 15 is 0 Å². The molecule has 6 nitrogen and oxygen atoms in total. The normalized spacial score (nSPS) is 10.2. The SMILES string of the molecule is O=C(NCc1nn[nH]n1)c1sccc1Br. The first-order chi connectivity index (χ1) is 7.27. The van der Waals surface area contributed by atoms with E-state index in [0.717, 1.165) is 4.47 Å². The second-order valence-electron chi connectivity index (χ2n) is 2.61. The van der Waals surface area contributed by atoms with Gasteiger partial charge in [-0.3, -0.25) is 4.79 Å². The monoisotopic (exact) mass is 287 g/mol. The standard InChI is InChI=1S/C7H6BrN5OS/c8-4-1-2-15-6(4)7(14)9-3-5-10-12-13-11-5/h1-2H,3H2,(H,9,14)(H,10,11,12,13). The average Bonchev–Trinajstić information content (AvgIpc) is 2.84. The van der Waals surface area contributed by atoms with Crippen molar-refractivity contribution < 1.29 is 4.79 Å². The Balaban J connectivity index is 1.96. The Bertz CT molecular complexity index is 454. The molecule has 78 valence electrons. The lowest BCUT2D eigenvalue weighted by Gasteiger charge is -1.99. The molecule has 15 heavy (non-hydrogen) atoms. The molecule has 0 atom stereocenters. The first-order valence-corrected chi connectivity index (χ1v) is 5.68.